The third-order valence-corrected chi connectivity index (χ3v) is 11.0. The Kier molecular flexibility index (Phi) is 43.1. The standard InChI is InChI=1S/C49H93NO4/c1-3-5-7-9-11-13-15-17-19-21-22-23-24-25-26-28-29-31-33-35-37-39-41-43-47(52)49(54)46(45-51)50-48(53)44-42-40-38-36-34-32-30-27-20-18-16-14-12-10-8-6-4-2/h12,14,18,20,35,37,46-47,49,51-52,54H,3-11,13,15-17,19,21-34,36,38-45H2,1-2H3,(H,50,53)/b14-12-,20-18-,37-35+. The first-order valence-electron chi connectivity index (χ1n) is 23.8. The van der Waals surface area contributed by atoms with Gasteiger partial charge in [-0.15, -0.1) is 0 Å². The van der Waals surface area contributed by atoms with E-state index in [0.717, 1.165) is 51.4 Å². The molecule has 3 atom stereocenters. The molecular weight excluding hydrogens is 667 g/mol. The molecule has 1 amide bonds. The fourth-order valence-electron chi connectivity index (χ4n) is 7.25. The molecule has 54 heavy (non-hydrogen) atoms. The summed E-state index contributed by atoms with van der Waals surface area (Å²) in [4.78, 5) is 12.4. The Balaban J connectivity index is 3.64. The van der Waals surface area contributed by atoms with Crippen LogP contribution < -0.4 is 5.32 Å². The third-order valence-electron chi connectivity index (χ3n) is 11.0. The number of nitrogens with one attached hydrogen (secondary N) is 1. The number of rotatable bonds is 43. The number of allylic oxidation sites excluding steroid dienone is 6. The lowest BCUT2D eigenvalue weighted by atomic mass is 10.0. The van der Waals surface area contributed by atoms with Gasteiger partial charge in [-0.2, -0.15) is 0 Å². The molecule has 0 aromatic carbocycles. The summed E-state index contributed by atoms with van der Waals surface area (Å²) >= 11 is 0. The van der Waals surface area contributed by atoms with E-state index in [9.17, 15) is 20.1 Å². The Morgan fingerprint density at radius 2 is 0.796 bits per heavy atom. The predicted molar refractivity (Wildman–Crippen MR) is 236 cm³/mol. The number of carbonyl (C=O) groups is 1. The van der Waals surface area contributed by atoms with Crippen LogP contribution in [0.5, 0.6) is 0 Å². The maximum Gasteiger partial charge on any atom is 0.220 e. The highest BCUT2D eigenvalue weighted by Gasteiger charge is 2.26. The first-order chi connectivity index (χ1) is 26.6. The van der Waals surface area contributed by atoms with Crippen LogP contribution in [0.1, 0.15) is 245 Å². The van der Waals surface area contributed by atoms with Crippen molar-refractivity contribution in [3.8, 4) is 0 Å². The number of unbranched alkanes of at least 4 members (excludes halogenated alkanes) is 29. The Bertz CT molecular complexity index is 840. The van der Waals surface area contributed by atoms with Crippen LogP contribution in [0, 0.1) is 0 Å². The fourth-order valence-corrected chi connectivity index (χ4v) is 7.25. The zero-order chi connectivity index (χ0) is 39.4. The second-order valence-electron chi connectivity index (χ2n) is 16.3. The smallest absolute Gasteiger partial charge is 0.220 e. The first kappa shape index (κ1) is 52.6. The molecule has 5 nitrogen and oxygen atoms in total. The molecule has 0 aromatic heterocycles. The summed E-state index contributed by atoms with van der Waals surface area (Å²) in [5, 5.41) is 33.6. The van der Waals surface area contributed by atoms with Gasteiger partial charge in [-0.3, -0.25) is 4.79 Å². The second-order valence-corrected chi connectivity index (χ2v) is 16.3. The van der Waals surface area contributed by atoms with E-state index < -0.39 is 18.2 Å². The van der Waals surface area contributed by atoms with Crippen LogP contribution in [0.15, 0.2) is 36.5 Å². The molecule has 0 radical (unpaired) electrons. The number of amides is 1. The lowest BCUT2D eigenvalue weighted by molar-refractivity contribution is -0.124. The van der Waals surface area contributed by atoms with Crippen LogP contribution in [0.4, 0.5) is 0 Å². The molecule has 0 bridgehead atoms. The van der Waals surface area contributed by atoms with Gasteiger partial charge < -0.3 is 20.6 Å². The molecule has 0 heterocycles. The van der Waals surface area contributed by atoms with Crippen LogP contribution in [0.2, 0.25) is 0 Å². The Hall–Kier alpha value is -1.43. The molecule has 0 spiro atoms. The summed E-state index contributed by atoms with van der Waals surface area (Å²) in [5.74, 6) is -0.162. The van der Waals surface area contributed by atoms with Gasteiger partial charge >= 0.3 is 0 Å². The summed E-state index contributed by atoms with van der Waals surface area (Å²) in [6, 6.07) is -0.830. The van der Waals surface area contributed by atoms with Crippen LogP contribution in [0.3, 0.4) is 0 Å². The van der Waals surface area contributed by atoms with Crippen molar-refractivity contribution >= 4 is 5.91 Å². The van der Waals surface area contributed by atoms with Crippen LogP contribution >= 0.6 is 0 Å². The lowest BCUT2D eigenvalue weighted by Crippen LogP contribution is -2.50. The van der Waals surface area contributed by atoms with E-state index in [2.05, 4.69) is 55.6 Å². The highest BCUT2D eigenvalue weighted by molar-refractivity contribution is 5.76. The molecule has 0 rings (SSSR count). The van der Waals surface area contributed by atoms with E-state index in [0.29, 0.717) is 12.8 Å². The minimum atomic E-state index is -1.16. The van der Waals surface area contributed by atoms with Crippen LogP contribution in [-0.2, 0) is 4.79 Å². The zero-order valence-corrected chi connectivity index (χ0v) is 36.1. The molecule has 0 saturated heterocycles. The van der Waals surface area contributed by atoms with Gasteiger partial charge in [0.2, 0.25) is 5.91 Å². The Morgan fingerprint density at radius 1 is 0.463 bits per heavy atom. The van der Waals surface area contributed by atoms with Crippen molar-refractivity contribution in [2.75, 3.05) is 6.61 Å². The molecule has 3 unspecified atom stereocenters. The molecule has 5 heteroatoms. The number of aliphatic hydroxyl groups is 3. The number of hydrogen-bond donors (Lipinski definition) is 4. The third kappa shape index (κ3) is 38.8. The van der Waals surface area contributed by atoms with E-state index in [-0.39, 0.29) is 12.5 Å². The summed E-state index contributed by atoms with van der Waals surface area (Å²) in [6.07, 6.45) is 55.5. The normalized spacial score (nSPS) is 13.8. The molecular formula is C49H93NO4. The first-order valence-corrected chi connectivity index (χ1v) is 23.8. The molecule has 318 valence electrons. The minimum absolute atomic E-state index is 0.162. The SMILES string of the molecule is CCCCC/C=C\C/C=C\CCCCCCCCCC(=O)NC(CO)C(O)C(O)CCC/C=C/CCCCCCCCCCCCCCCCCCCC. The quantitative estimate of drug-likeness (QED) is 0.0368. The van der Waals surface area contributed by atoms with Crippen molar-refractivity contribution in [2.45, 2.75) is 263 Å². The van der Waals surface area contributed by atoms with Crippen molar-refractivity contribution < 1.29 is 20.1 Å². The van der Waals surface area contributed by atoms with Gasteiger partial charge in [0, 0.05) is 6.42 Å². The fraction of sp³-hybridized carbons (Fsp3) is 0.857. The molecule has 0 saturated carbocycles. The van der Waals surface area contributed by atoms with Crippen molar-refractivity contribution in [1.82, 2.24) is 5.32 Å². The predicted octanol–water partition coefficient (Wildman–Crippen LogP) is 13.9. The molecule has 0 aliphatic heterocycles. The largest absolute Gasteiger partial charge is 0.394 e. The molecule has 0 aliphatic rings. The zero-order valence-electron chi connectivity index (χ0n) is 36.1. The number of carbonyl (C=O) groups excluding carboxylic acids is 1. The highest BCUT2D eigenvalue weighted by Crippen LogP contribution is 2.16. The van der Waals surface area contributed by atoms with Crippen LogP contribution in [0.25, 0.3) is 0 Å². The van der Waals surface area contributed by atoms with E-state index >= 15 is 0 Å². The summed E-state index contributed by atoms with van der Waals surface area (Å²) in [5.41, 5.74) is 0. The molecule has 4 N–H and O–H groups in total. The molecule has 0 aliphatic carbocycles. The van der Waals surface area contributed by atoms with Crippen molar-refractivity contribution in [1.29, 1.82) is 0 Å². The van der Waals surface area contributed by atoms with Crippen molar-refractivity contribution in [2.24, 2.45) is 0 Å². The molecule has 0 fully saturated rings. The monoisotopic (exact) mass is 760 g/mol. The minimum Gasteiger partial charge on any atom is -0.394 e. The van der Waals surface area contributed by atoms with E-state index in [1.807, 2.05) is 0 Å². The van der Waals surface area contributed by atoms with E-state index in [1.165, 1.54) is 167 Å². The summed E-state index contributed by atoms with van der Waals surface area (Å²) in [6.45, 7) is 4.15. The van der Waals surface area contributed by atoms with Gasteiger partial charge in [-0.1, -0.05) is 204 Å². The molecule has 0 aromatic rings. The van der Waals surface area contributed by atoms with Gasteiger partial charge in [0.25, 0.3) is 0 Å². The average molecular weight is 760 g/mol. The summed E-state index contributed by atoms with van der Waals surface area (Å²) in [7, 11) is 0. The van der Waals surface area contributed by atoms with Crippen molar-refractivity contribution in [3.05, 3.63) is 36.5 Å². The van der Waals surface area contributed by atoms with Gasteiger partial charge in [0.15, 0.2) is 0 Å². The van der Waals surface area contributed by atoms with Crippen LogP contribution in [-0.4, -0.2) is 46.1 Å². The second kappa shape index (κ2) is 44.3. The Labute approximate surface area is 336 Å². The van der Waals surface area contributed by atoms with Gasteiger partial charge in [0.05, 0.1) is 18.8 Å². The van der Waals surface area contributed by atoms with E-state index in [1.54, 1.807) is 0 Å². The van der Waals surface area contributed by atoms with Gasteiger partial charge in [0.1, 0.15) is 6.10 Å². The maximum atomic E-state index is 12.4. The summed E-state index contributed by atoms with van der Waals surface area (Å²) < 4.78 is 0. The Morgan fingerprint density at radius 3 is 1.22 bits per heavy atom. The van der Waals surface area contributed by atoms with Gasteiger partial charge in [-0.05, 0) is 70.6 Å². The van der Waals surface area contributed by atoms with Crippen molar-refractivity contribution in [3.63, 3.8) is 0 Å². The topological polar surface area (TPSA) is 89.8 Å². The lowest BCUT2D eigenvalue weighted by Gasteiger charge is -2.26. The average Bonchev–Trinajstić information content (AvgIpc) is 3.18. The maximum absolute atomic E-state index is 12.4. The highest BCUT2D eigenvalue weighted by atomic mass is 16.3. The number of aliphatic hydroxyl groups excluding tert-OH is 3. The number of hydrogen-bond acceptors (Lipinski definition) is 4. The van der Waals surface area contributed by atoms with Gasteiger partial charge in [-0.25, -0.2) is 0 Å². The van der Waals surface area contributed by atoms with E-state index in [4.69, 9.17) is 0 Å².